The van der Waals surface area contributed by atoms with E-state index in [2.05, 4.69) is 35.5 Å². The molecule has 1 atom stereocenters. The Balaban J connectivity index is 2.37. The number of methoxy groups -OCH3 is 1. The van der Waals surface area contributed by atoms with Crippen LogP contribution in [-0.4, -0.2) is 45.3 Å². The lowest BCUT2D eigenvalue weighted by Crippen LogP contribution is -2.33. The van der Waals surface area contributed by atoms with E-state index in [4.69, 9.17) is 10.00 Å². The third-order valence-corrected chi connectivity index (χ3v) is 3.06. The fourth-order valence-corrected chi connectivity index (χ4v) is 1.87. The van der Waals surface area contributed by atoms with Crippen molar-refractivity contribution in [2.45, 2.75) is 12.5 Å². The zero-order valence-corrected chi connectivity index (χ0v) is 11.8. The molecule has 0 saturated heterocycles. The van der Waals surface area contributed by atoms with Gasteiger partial charge in [-0.3, -0.25) is 0 Å². The molecule has 1 unspecified atom stereocenters. The highest BCUT2D eigenvalue weighted by molar-refractivity contribution is 5.19. The van der Waals surface area contributed by atoms with Crippen molar-refractivity contribution in [3.63, 3.8) is 0 Å². The minimum atomic E-state index is 0.113. The molecule has 0 aliphatic carbocycles. The topological polar surface area (TPSA) is 48.3 Å². The smallest absolute Gasteiger partial charge is 0.0641 e. The Morgan fingerprint density at radius 3 is 2.68 bits per heavy atom. The molecule has 0 fully saturated rings. The van der Waals surface area contributed by atoms with Crippen LogP contribution in [0.15, 0.2) is 30.3 Å². The van der Waals surface area contributed by atoms with Crippen molar-refractivity contribution in [1.82, 2.24) is 10.2 Å². The van der Waals surface area contributed by atoms with Gasteiger partial charge < -0.3 is 15.0 Å². The van der Waals surface area contributed by atoms with Crippen LogP contribution in [0.25, 0.3) is 0 Å². The SMILES string of the molecule is COCCN(C)CCNC(CC#N)c1ccccc1. The van der Waals surface area contributed by atoms with E-state index in [0.717, 1.165) is 26.2 Å². The molecule has 0 aliphatic heterocycles. The van der Waals surface area contributed by atoms with Gasteiger partial charge in [0.15, 0.2) is 0 Å². The summed E-state index contributed by atoms with van der Waals surface area (Å²) in [6, 6.07) is 12.5. The summed E-state index contributed by atoms with van der Waals surface area (Å²) >= 11 is 0. The average molecular weight is 261 g/mol. The maximum Gasteiger partial charge on any atom is 0.0641 e. The fourth-order valence-electron chi connectivity index (χ4n) is 1.87. The number of hydrogen-bond acceptors (Lipinski definition) is 4. The van der Waals surface area contributed by atoms with Crippen molar-refractivity contribution in [1.29, 1.82) is 5.26 Å². The molecule has 4 heteroatoms. The highest BCUT2D eigenvalue weighted by Crippen LogP contribution is 2.15. The van der Waals surface area contributed by atoms with E-state index in [1.807, 2.05) is 18.2 Å². The monoisotopic (exact) mass is 261 g/mol. The van der Waals surface area contributed by atoms with Crippen LogP contribution in [0.3, 0.4) is 0 Å². The minimum Gasteiger partial charge on any atom is -0.383 e. The molecule has 1 rings (SSSR count). The summed E-state index contributed by atoms with van der Waals surface area (Å²) in [5.41, 5.74) is 1.17. The van der Waals surface area contributed by atoms with Crippen LogP contribution in [0.4, 0.5) is 0 Å². The van der Waals surface area contributed by atoms with E-state index in [0.29, 0.717) is 6.42 Å². The molecule has 19 heavy (non-hydrogen) atoms. The Morgan fingerprint density at radius 2 is 2.05 bits per heavy atom. The second-order valence-electron chi connectivity index (χ2n) is 4.58. The van der Waals surface area contributed by atoms with Crippen molar-refractivity contribution >= 4 is 0 Å². The van der Waals surface area contributed by atoms with Crippen molar-refractivity contribution in [3.8, 4) is 6.07 Å². The molecule has 0 bridgehead atoms. The number of benzene rings is 1. The first-order valence-corrected chi connectivity index (χ1v) is 6.60. The first kappa shape index (κ1) is 15.6. The molecule has 0 spiro atoms. The van der Waals surface area contributed by atoms with Gasteiger partial charge in [-0.15, -0.1) is 0 Å². The number of ether oxygens (including phenoxy) is 1. The summed E-state index contributed by atoms with van der Waals surface area (Å²) in [4.78, 5) is 2.21. The van der Waals surface area contributed by atoms with Gasteiger partial charge in [0.05, 0.1) is 19.1 Å². The number of rotatable bonds is 9. The van der Waals surface area contributed by atoms with E-state index < -0.39 is 0 Å². The number of likely N-dealkylation sites (N-methyl/N-ethyl adjacent to an activating group) is 1. The van der Waals surface area contributed by atoms with Gasteiger partial charge >= 0.3 is 0 Å². The van der Waals surface area contributed by atoms with Crippen LogP contribution in [0.1, 0.15) is 18.0 Å². The lowest BCUT2D eigenvalue weighted by atomic mass is 10.0. The van der Waals surface area contributed by atoms with Gasteiger partial charge in [0.1, 0.15) is 0 Å². The molecule has 1 aromatic carbocycles. The van der Waals surface area contributed by atoms with Crippen LogP contribution in [0, 0.1) is 11.3 Å². The third kappa shape index (κ3) is 6.35. The summed E-state index contributed by atoms with van der Waals surface area (Å²) in [6.45, 7) is 3.48. The first-order valence-electron chi connectivity index (χ1n) is 6.60. The number of nitrogens with zero attached hydrogens (tertiary/aromatic N) is 2. The summed E-state index contributed by atoms with van der Waals surface area (Å²) < 4.78 is 5.04. The van der Waals surface area contributed by atoms with Gasteiger partial charge in [-0.1, -0.05) is 30.3 Å². The Hall–Kier alpha value is -1.41. The first-order chi connectivity index (χ1) is 9.27. The van der Waals surface area contributed by atoms with Crippen LogP contribution in [0.5, 0.6) is 0 Å². The second-order valence-corrected chi connectivity index (χ2v) is 4.58. The molecule has 104 valence electrons. The molecule has 0 saturated carbocycles. The highest BCUT2D eigenvalue weighted by atomic mass is 16.5. The van der Waals surface area contributed by atoms with Crippen molar-refractivity contribution in [2.24, 2.45) is 0 Å². The van der Waals surface area contributed by atoms with Crippen molar-refractivity contribution < 1.29 is 4.74 Å². The zero-order valence-electron chi connectivity index (χ0n) is 11.8. The van der Waals surface area contributed by atoms with Gasteiger partial charge in [0.2, 0.25) is 0 Å². The van der Waals surface area contributed by atoms with E-state index >= 15 is 0 Å². The summed E-state index contributed by atoms with van der Waals surface area (Å²) in [6.07, 6.45) is 0.492. The fraction of sp³-hybridized carbons (Fsp3) is 0.533. The molecule has 0 aliphatic rings. The number of hydrogen-bond donors (Lipinski definition) is 1. The molecular weight excluding hydrogens is 238 g/mol. The lowest BCUT2D eigenvalue weighted by Gasteiger charge is -2.20. The molecule has 1 N–H and O–H groups in total. The third-order valence-electron chi connectivity index (χ3n) is 3.06. The van der Waals surface area contributed by atoms with E-state index in [-0.39, 0.29) is 6.04 Å². The Labute approximate surface area is 116 Å². The van der Waals surface area contributed by atoms with Gasteiger partial charge in [0, 0.05) is 32.8 Å². The molecule has 0 heterocycles. The largest absolute Gasteiger partial charge is 0.383 e. The standard InChI is InChI=1S/C15H23N3O/c1-18(12-13-19-2)11-10-17-15(8-9-16)14-6-4-3-5-7-14/h3-7,15,17H,8,10-13H2,1-2H3. The minimum absolute atomic E-state index is 0.113. The Kier molecular flexibility index (Phi) is 7.83. The average Bonchev–Trinajstić information content (AvgIpc) is 2.45. The van der Waals surface area contributed by atoms with E-state index in [9.17, 15) is 0 Å². The maximum atomic E-state index is 8.91. The quantitative estimate of drug-likeness (QED) is 0.736. The Bertz CT molecular complexity index is 375. The molecule has 0 radical (unpaired) electrons. The van der Waals surface area contributed by atoms with Gasteiger partial charge in [-0.05, 0) is 12.6 Å². The lowest BCUT2D eigenvalue weighted by molar-refractivity contribution is 0.161. The van der Waals surface area contributed by atoms with Crippen LogP contribution >= 0.6 is 0 Å². The predicted octanol–water partition coefficient (Wildman–Crippen LogP) is 1.81. The van der Waals surface area contributed by atoms with Crippen LogP contribution in [-0.2, 0) is 4.74 Å². The summed E-state index contributed by atoms with van der Waals surface area (Å²) in [5, 5.41) is 12.3. The Morgan fingerprint density at radius 1 is 1.32 bits per heavy atom. The van der Waals surface area contributed by atoms with Gasteiger partial charge in [0.25, 0.3) is 0 Å². The highest BCUT2D eigenvalue weighted by Gasteiger charge is 2.09. The van der Waals surface area contributed by atoms with Gasteiger partial charge in [-0.2, -0.15) is 5.26 Å². The molecule has 4 nitrogen and oxygen atoms in total. The predicted molar refractivity (Wildman–Crippen MR) is 76.8 cm³/mol. The molecule has 0 amide bonds. The normalized spacial score (nSPS) is 12.3. The number of nitriles is 1. The molecular formula is C15H23N3O. The summed E-state index contributed by atoms with van der Waals surface area (Å²) in [7, 11) is 3.78. The van der Waals surface area contributed by atoms with Crippen LogP contribution < -0.4 is 5.32 Å². The van der Waals surface area contributed by atoms with Crippen molar-refractivity contribution in [2.75, 3.05) is 40.4 Å². The number of nitrogens with one attached hydrogen (secondary N) is 1. The maximum absolute atomic E-state index is 8.91. The van der Waals surface area contributed by atoms with Crippen LogP contribution in [0.2, 0.25) is 0 Å². The molecule has 0 aromatic heterocycles. The van der Waals surface area contributed by atoms with E-state index in [1.165, 1.54) is 5.56 Å². The summed E-state index contributed by atoms with van der Waals surface area (Å²) in [5.74, 6) is 0. The van der Waals surface area contributed by atoms with Gasteiger partial charge in [-0.25, -0.2) is 0 Å². The van der Waals surface area contributed by atoms with E-state index in [1.54, 1.807) is 7.11 Å². The zero-order chi connectivity index (χ0) is 13.9. The van der Waals surface area contributed by atoms with Crippen molar-refractivity contribution in [3.05, 3.63) is 35.9 Å². The molecule has 1 aromatic rings. The second kappa shape index (κ2) is 9.51.